The van der Waals surface area contributed by atoms with E-state index in [9.17, 15) is 4.79 Å². The summed E-state index contributed by atoms with van der Waals surface area (Å²) in [5, 5.41) is 3.75. The first-order chi connectivity index (χ1) is 8.79. The quantitative estimate of drug-likeness (QED) is 0.838. The van der Waals surface area contributed by atoms with Crippen LogP contribution >= 0.6 is 11.5 Å². The monoisotopic (exact) mass is 263 g/mol. The fourth-order valence-electron chi connectivity index (χ4n) is 1.37. The zero-order chi connectivity index (χ0) is 12.8. The van der Waals surface area contributed by atoms with Crippen LogP contribution in [0.5, 0.6) is 0 Å². The summed E-state index contributed by atoms with van der Waals surface area (Å²) in [5.74, 6) is 0.455. The number of aromatic nitrogens is 2. The van der Waals surface area contributed by atoms with Crippen LogP contribution in [0.4, 0.5) is 5.13 Å². The van der Waals surface area contributed by atoms with E-state index in [0.717, 1.165) is 5.56 Å². The summed E-state index contributed by atoms with van der Waals surface area (Å²) in [6.07, 6.45) is 0.316. The Morgan fingerprint density at radius 1 is 1.39 bits per heavy atom. The molecule has 0 saturated carbocycles. The third-order valence-electron chi connectivity index (χ3n) is 2.29. The molecule has 1 heterocycles. The molecule has 6 heteroatoms. The second-order valence-corrected chi connectivity index (χ2v) is 4.29. The van der Waals surface area contributed by atoms with Crippen LogP contribution in [0.15, 0.2) is 30.3 Å². The lowest BCUT2D eigenvalue weighted by molar-refractivity contribution is -0.140. The Morgan fingerprint density at radius 2 is 2.17 bits per heavy atom. The van der Waals surface area contributed by atoms with Crippen molar-refractivity contribution >= 4 is 22.6 Å². The normalized spacial score (nSPS) is 10.1. The van der Waals surface area contributed by atoms with Gasteiger partial charge < -0.3 is 10.1 Å². The number of anilines is 1. The highest BCUT2D eigenvalue weighted by atomic mass is 32.1. The standard InChI is InChI=1S/C12H13N3O2S/c1-17-10(16)7-8-13-12-14-11(15-18-12)9-5-3-2-4-6-9/h2-6H,7-8H2,1H3,(H,13,14,15). The molecule has 94 valence electrons. The molecule has 0 aliphatic carbocycles. The van der Waals surface area contributed by atoms with Gasteiger partial charge in [-0.2, -0.15) is 9.36 Å². The Balaban J connectivity index is 1.93. The van der Waals surface area contributed by atoms with E-state index < -0.39 is 0 Å². The van der Waals surface area contributed by atoms with Gasteiger partial charge in [-0.1, -0.05) is 30.3 Å². The van der Waals surface area contributed by atoms with E-state index in [-0.39, 0.29) is 5.97 Å². The molecule has 1 N–H and O–H groups in total. The molecule has 2 rings (SSSR count). The lowest BCUT2D eigenvalue weighted by Crippen LogP contribution is -2.09. The second kappa shape index (κ2) is 6.11. The molecule has 5 nitrogen and oxygen atoms in total. The van der Waals surface area contributed by atoms with Crippen LogP contribution in [0.2, 0.25) is 0 Å². The van der Waals surface area contributed by atoms with Crippen LogP contribution in [-0.4, -0.2) is 29.0 Å². The van der Waals surface area contributed by atoms with Gasteiger partial charge >= 0.3 is 5.97 Å². The number of hydrogen-bond acceptors (Lipinski definition) is 6. The van der Waals surface area contributed by atoms with E-state index in [1.54, 1.807) is 0 Å². The smallest absolute Gasteiger partial charge is 0.307 e. The number of benzene rings is 1. The molecule has 2 aromatic rings. The van der Waals surface area contributed by atoms with Gasteiger partial charge in [0.2, 0.25) is 5.13 Å². The van der Waals surface area contributed by atoms with E-state index >= 15 is 0 Å². The Morgan fingerprint density at radius 3 is 2.89 bits per heavy atom. The molecule has 0 bridgehead atoms. The molecule has 0 radical (unpaired) electrons. The lowest BCUT2D eigenvalue weighted by Gasteiger charge is -1.99. The summed E-state index contributed by atoms with van der Waals surface area (Å²) in [7, 11) is 1.38. The van der Waals surface area contributed by atoms with Crippen LogP contribution in [-0.2, 0) is 9.53 Å². The number of nitrogens with one attached hydrogen (secondary N) is 1. The fraction of sp³-hybridized carbons (Fsp3) is 0.250. The van der Waals surface area contributed by atoms with Gasteiger partial charge in [-0.25, -0.2) is 0 Å². The summed E-state index contributed by atoms with van der Waals surface area (Å²) >= 11 is 1.28. The molecule has 18 heavy (non-hydrogen) atoms. The van der Waals surface area contributed by atoms with E-state index in [1.165, 1.54) is 18.6 Å². The van der Waals surface area contributed by atoms with Crippen molar-refractivity contribution in [2.45, 2.75) is 6.42 Å². The van der Waals surface area contributed by atoms with Gasteiger partial charge in [0.25, 0.3) is 0 Å². The Bertz CT molecular complexity index is 513. The number of esters is 1. The molecular weight excluding hydrogens is 250 g/mol. The number of hydrogen-bond donors (Lipinski definition) is 1. The van der Waals surface area contributed by atoms with Crippen LogP contribution in [0, 0.1) is 0 Å². The first-order valence-electron chi connectivity index (χ1n) is 5.49. The van der Waals surface area contributed by atoms with Gasteiger partial charge in [-0.05, 0) is 0 Å². The fourth-order valence-corrected chi connectivity index (χ4v) is 1.99. The van der Waals surface area contributed by atoms with E-state index in [4.69, 9.17) is 0 Å². The van der Waals surface area contributed by atoms with E-state index in [0.29, 0.717) is 23.9 Å². The molecule has 0 atom stereocenters. The van der Waals surface area contributed by atoms with Crippen LogP contribution in [0.1, 0.15) is 6.42 Å². The highest BCUT2D eigenvalue weighted by molar-refractivity contribution is 7.09. The van der Waals surface area contributed by atoms with Gasteiger partial charge in [0.05, 0.1) is 13.5 Å². The summed E-state index contributed by atoms with van der Waals surface area (Å²) in [6.45, 7) is 0.496. The number of carbonyl (C=O) groups is 1. The van der Waals surface area contributed by atoms with Crippen molar-refractivity contribution in [1.82, 2.24) is 9.36 Å². The van der Waals surface area contributed by atoms with Gasteiger partial charge in [-0.3, -0.25) is 4.79 Å². The van der Waals surface area contributed by atoms with Crippen molar-refractivity contribution in [3.8, 4) is 11.4 Å². The van der Waals surface area contributed by atoms with Gasteiger partial charge in [-0.15, -0.1) is 0 Å². The third-order valence-corrected chi connectivity index (χ3v) is 2.96. The molecule has 0 saturated heterocycles. The first kappa shape index (κ1) is 12.5. The second-order valence-electron chi connectivity index (χ2n) is 3.54. The Labute approximate surface area is 109 Å². The minimum absolute atomic E-state index is 0.240. The number of nitrogens with zero attached hydrogens (tertiary/aromatic N) is 2. The molecule has 0 amide bonds. The van der Waals surface area contributed by atoms with Gasteiger partial charge in [0.1, 0.15) is 0 Å². The zero-order valence-corrected chi connectivity index (χ0v) is 10.7. The van der Waals surface area contributed by atoms with Crippen molar-refractivity contribution in [2.75, 3.05) is 19.0 Å². The summed E-state index contributed by atoms with van der Waals surface area (Å²) in [6, 6.07) is 9.76. The van der Waals surface area contributed by atoms with E-state index in [2.05, 4.69) is 19.4 Å². The van der Waals surface area contributed by atoms with Crippen molar-refractivity contribution in [3.05, 3.63) is 30.3 Å². The molecule has 0 aliphatic rings. The lowest BCUT2D eigenvalue weighted by atomic mass is 10.2. The van der Waals surface area contributed by atoms with Crippen LogP contribution in [0.25, 0.3) is 11.4 Å². The van der Waals surface area contributed by atoms with Crippen molar-refractivity contribution < 1.29 is 9.53 Å². The molecule has 1 aromatic heterocycles. The number of methoxy groups -OCH3 is 1. The average molecular weight is 263 g/mol. The predicted octanol–water partition coefficient (Wildman–Crippen LogP) is 2.18. The maximum Gasteiger partial charge on any atom is 0.307 e. The number of carbonyl (C=O) groups excluding carboxylic acids is 1. The highest BCUT2D eigenvalue weighted by Crippen LogP contribution is 2.20. The average Bonchev–Trinajstić information content (AvgIpc) is 2.88. The predicted molar refractivity (Wildman–Crippen MR) is 70.5 cm³/mol. The van der Waals surface area contributed by atoms with Gasteiger partial charge in [0, 0.05) is 23.6 Å². The molecule has 0 aliphatic heterocycles. The topological polar surface area (TPSA) is 64.1 Å². The minimum atomic E-state index is -0.240. The summed E-state index contributed by atoms with van der Waals surface area (Å²) in [5.41, 5.74) is 0.981. The van der Waals surface area contributed by atoms with Crippen LogP contribution < -0.4 is 5.32 Å². The maximum atomic E-state index is 10.9. The van der Waals surface area contributed by atoms with E-state index in [1.807, 2.05) is 30.3 Å². The first-order valence-corrected chi connectivity index (χ1v) is 6.27. The third kappa shape index (κ3) is 3.27. The highest BCUT2D eigenvalue weighted by Gasteiger charge is 2.06. The number of rotatable bonds is 5. The minimum Gasteiger partial charge on any atom is -0.469 e. The Hall–Kier alpha value is -1.95. The number of ether oxygens (including phenoxy) is 1. The maximum absolute atomic E-state index is 10.9. The summed E-state index contributed by atoms with van der Waals surface area (Å²) < 4.78 is 8.81. The SMILES string of the molecule is COC(=O)CCNc1nc(-c2ccccc2)ns1. The van der Waals surface area contributed by atoms with Crippen LogP contribution in [0.3, 0.4) is 0 Å². The molecule has 0 unspecified atom stereocenters. The molecular formula is C12H13N3O2S. The molecule has 0 fully saturated rings. The summed E-state index contributed by atoms with van der Waals surface area (Å²) in [4.78, 5) is 15.3. The van der Waals surface area contributed by atoms with Crippen molar-refractivity contribution in [3.63, 3.8) is 0 Å². The molecule has 0 spiro atoms. The zero-order valence-electron chi connectivity index (χ0n) is 9.92. The van der Waals surface area contributed by atoms with Crippen molar-refractivity contribution in [2.24, 2.45) is 0 Å². The largest absolute Gasteiger partial charge is 0.469 e. The Kier molecular flexibility index (Phi) is 4.25. The van der Waals surface area contributed by atoms with Gasteiger partial charge in [0.15, 0.2) is 5.82 Å². The molecule has 1 aromatic carbocycles. The van der Waals surface area contributed by atoms with Crippen molar-refractivity contribution in [1.29, 1.82) is 0 Å².